The molecule has 0 N–H and O–H groups in total. The van der Waals surface area contributed by atoms with Gasteiger partial charge in [0.05, 0.1) is 16.8 Å². The van der Waals surface area contributed by atoms with Crippen LogP contribution in [0.15, 0.2) is 60.7 Å². The van der Waals surface area contributed by atoms with Gasteiger partial charge in [-0.2, -0.15) is 0 Å². The van der Waals surface area contributed by atoms with Gasteiger partial charge >= 0.3 is 5.97 Å². The van der Waals surface area contributed by atoms with Crippen molar-refractivity contribution in [2.75, 3.05) is 0 Å². The molecule has 1 heterocycles. The monoisotopic (exact) mass is 365 g/mol. The van der Waals surface area contributed by atoms with Crippen LogP contribution in [0.1, 0.15) is 29.9 Å². The van der Waals surface area contributed by atoms with Crippen molar-refractivity contribution in [3.63, 3.8) is 0 Å². The third-order valence-electron chi connectivity index (χ3n) is 4.01. The molecule has 0 saturated carbocycles. The molecule has 0 amide bonds. The molecule has 0 bridgehead atoms. The summed E-state index contributed by atoms with van der Waals surface area (Å²) in [5.41, 5.74) is 5.20. The zero-order chi connectivity index (χ0) is 18.7. The highest BCUT2D eigenvalue weighted by Gasteiger charge is 2.14. The van der Waals surface area contributed by atoms with Crippen molar-refractivity contribution in [1.82, 2.24) is 4.98 Å². The van der Waals surface area contributed by atoms with Crippen LogP contribution in [0, 0.1) is 6.92 Å². The van der Waals surface area contributed by atoms with E-state index in [1.165, 1.54) is 11.1 Å². The first-order chi connectivity index (χ1) is 12.5. The number of halogens is 1. The molecule has 26 heavy (non-hydrogen) atoms. The van der Waals surface area contributed by atoms with Crippen LogP contribution < -0.4 is 0 Å². The van der Waals surface area contributed by atoms with Crippen LogP contribution in [0.4, 0.5) is 0 Å². The molecule has 0 saturated heterocycles. The van der Waals surface area contributed by atoms with Gasteiger partial charge in [0.25, 0.3) is 0 Å². The Bertz CT molecular complexity index is 933. The topological polar surface area (TPSA) is 39.2 Å². The van der Waals surface area contributed by atoms with Crippen LogP contribution in [0.2, 0.25) is 5.02 Å². The SMILES string of the molecule is Cc1ccccc1-c1ccc(-c2nc(C(=O)OC(C)C)ccc2Cl)cc1. The van der Waals surface area contributed by atoms with E-state index >= 15 is 0 Å². The van der Waals surface area contributed by atoms with Gasteiger partial charge in [0.2, 0.25) is 0 Å². The molecule has 2 aromatic carbocycles. The number of benzene rings is 2. The first-order valence-corrected chi connectivity index (χ1v) is 8.87. The number of hydrogen-bond donors (Lipinski definition) is 0. The number of rotatable bonds is 4. The first kappa shape index (κ1) is 18.2. The molecule has 0 atom stereocenters. The number of hydrogen-bond acceptors (Lipinski definition) is 3. The van der Waals surface area contributed by atoms with E-state index in [2.05, 4.69) is 24.0 Å². The van der Waals surface area contributed by atoms with E-state index in [4.69, 9.17) is 16.3 Å². The highest BCUT2D eigenvalue weighted by atomic mass is 35.5. The maximum atomic E-state index is 12.1. The Morgan fingerprint density at radius 2 is 1.62 bits per heavy atom. The second-order valence-corrected chi connectivity index (χ2v) is 6.78. The number of ether oxygens (including phenoxy) is 1. The smallest absolute Gasteiger partial charge is 0.357 e. The van der Waals surface area contributed by atoms with Gasteiger partial charge in [-0.3, -0.25) is 0 Å². The van der Waals surface area contributed by atoms with Gasteiger partial charge < -0.3 is 4.74 Å². The number of carbonyl (C=O) groups is 1. The number of aryl methyl sites for hydroxylation is 1. The van der Waals surface area contributed by atoms with E-state index in [9.17, 15) is 4.79 Å². The van der Waals surface area contributed by atoms with Crippen molar-refractivity contribution < 1.29 is 9.53 Å². The first-order valence-electron chi connectivity index (χ1n) is 8.49. The predicted octanol–water partition coefficient (Wildman–Crippen LogP) is 5.94. The van der Waals surface area contributed by atoms with Gasteiger partial charge in [0.15, 0.2) is 0 Å². The van der Waals surface area contributed by atoms with Gasteiger partial charge in [-0.05, 0) is 49.6 Å². The van der Waals surface area contributed by atoms with Crippen LogP contribution in [-0.2, 0) is 4.74 Å². The van der Waals surface area contributed by atoms with E-state index in [-0.39, 0.29) is 11.8 Å². The Labute approximate surface area is 158 Å². The molecule has 3 rings (SSSR count). The lowest BCUT2D eigenvalue weighted by atomic mass is 9.99. The van der Waals surface area contributed by atoms with Crippen LogP contribution in [0.5, 0.6) is 0 Å². The minimum Gasteiger partial charge on any atom is -0.458 e. The number of esters is 1. The van der Waals surface area contributed by atoms with Crippen LogP contribution in [-0.4, -0.2) is 17.1 Å². The molecule has 0 aliphatic carbocycles. The Morgan fingerprint density at radius 1 is 0.962 bits per heavy atom. The molecule has 0 radical (unpaired) electrons. The van der Waals surface area contributed by atoms with Crippen molar-refractivity contribution in [2.45, 2.75) is 26.9 Å². The average molecular weight is 366 g/mol. The van der Waals surface area contributed by atoms with E-state index in [0.717, 1.165) is 11.1 Å². The molecule has 3 aromatic rings. The van der Waals surface area contributed by atoms with Gasteiger partial charge in [-0.25, -0.2) is 9.78 Å². The van der Waals surface area contributed by atoms with Crippen LogP contribution >= 0.6 is 11.6 Å². The minimum atomic E-state index is -0.450. The highest BCUT2D eigenvalue weighted by molar-refractivity contribution is 6.33. The summed E-state index contributed by atoms with van der Waals surface area (Å²) >= 11 is 6.31. The van der Waals surface area contributed by atoms with E-state index < -0.39 is 5.97 Å². The lowest BCUT2D eigenvalue weighted by Gasteiger charge is -2.10. The van der Waals surface area contributed by atoms with Gasteiger partial charge in [-0.1, -0.05) is 60.1 Å². The maximum Gasteiger partial charge on any atom is 0.357 e. The molecule has 0 aliphatic rings. The van der Waals surface area contributed by atoms with E-state index in [1.807, 2.05) is 36.4 Å². The molecule has 0 unspecified atom stereocenters. The lowest BCUT2D eigenvalue weighted by molar-refractivity contribution is 0.0371. The Kier molecular flexibility index (Phi) is 5.38. The van der Waals surface area contributed by atoms with E-state index in [0.29, 0.717) is 10.7 Å². The van der Waals surface area contributed by atoms with Gasteiger partial charge in [0.1, 0.15) is 5.69 Å². The summed E-state index contributed by atoms with van der Waals surface area (Å²) in [4.78, 5) is 16.5. The highest BCUT2D eigenvalue weighted by Crippen LogP contribution is 2.30. The summed E-state index contributed by atoms with van der Waals surface area (Å²) < 4.78 is 5.21. The number of aromatic nitrogens is 1. The summed E-state index contributed by atoms with van der Waals surface area (Å²) in [5.74, 6) is -0.450. The molecule has 0 spiro atoms. The largest absolute Gasteiger partial charge is 0.458 e. The third-order valence-corrected chi connectivity index (χ3v) is 4.32. The van der Waals surface area contributed by atoms with Gasteiger partial charge in [-0.15, -0.1) is 0 Å². The summed E-state index contributed by atoms with van der Waals surface area (Å²) in [7, 11) is 0. The average Bonchev–Trinajstić information content (AvgIpc) is 2.62. The van der Waals surface area contributed by atoms with Crippen molar-refractivity contribution >= 4 is 17.6 Å². The summed E-state index contributed by atoms with van der Waals surface area (Å²) in [6, 6.07) is 19.5. The molecular formula is C22H20ClNO2. The Hall–Kier alpha value is -2.65. The summed E-state index contributed by atoms with van der Waals surface area (Å²) in [6.45, 7) is 5.70. The maximum absolute atomic E-state index is 12.1. The Balaban J connectivity index is 1.94. The molecule has 0 aliphatic heterocycles. The van der Waals surface area contributed by atoms with Gasteiger partial charge in [0, 0.05) is 5.56 Å². The normalized spacial score (nSPS) is 10.8. The number of carbonyl (C=O) groups excluding carboxylic acids is 1. The molecule has 1 aromatic heterocycles. The zero-order valence-corrected chi connectivity index (χ0v) is 15.7. The standard InChI is InChI=1S/C22H20ClNO2/c1-14(2)26-22(25)20-13-12-19(23)21(24-20)17-10-8-16(9-11-17)18-7-5-4-6-15(18)3/h4-14H,1-3H3. The quantitative estimate of drug-likeness (QED) is 0.537. The zero-order valence-electron chi connectivity index (χ0n) is 15.0. The third kappa shape index (κ3) is 3.94. The molecule has 4 heteroatoms. The molecular weight excluding hydrogens is 346 g/mol. The number of nitrogens with zero attached hydrogens (tertiary/aromatic N) is 1. The number of pyridine rings is 1. The second kappa shape index (κ2) is 7.71. The molecule has 0 fully saturated rings. The fourth-order valence-corrected chi connectivity index (χ4v) is 2.95. The van der Waals surface area contributed by atoms with Crippen molar-refractivity contribution in [2.24, 2.45) is 0 Å². The second-order valence-electron chi connectivity index (χ2n) is 6.37. The predicted molar refractivity (Wildman–Crippen MR) is 105 cm³/mol. The van der Waals surface area contributed by atoms with Crippen molar-refractivity contribution in [3.8, 4) is 22.4 Å². The Morgan fingerprint density at radius 3 is 2.27 bits per heavy atom. The summed E-state index contributed by atoms with van der Waals surface area (Å²) in [6.07, 6.45) is -0.197. The minimum absolute atomic E-state index is 0.197. The molecule has 3 nitrogen and oxygen atoms in total. The van der Waals surface area contributed by atoms with Crippen molar-refractivity contribution in [1.29, 1.82) is 0 Å². The lowest BCUT2D eigenvalue weighted by Crippen LogP contribution is -2.13. The fourth-order valence-electron chi connectivity index (χ4n) is 2.74. The van der Waals surface area contributed by atoms with Crippen molar-refractivity contribution in [3.05, 3.63) is 76.9 Å². The summed E-state index contributed by atoms with van der Waals surface area (Å²) in [5, 5.41) is 0.495. The molecule has 132 valence electrons. The fraction of sp³-hybridized carbons (Fsp3) is 0.182. The van der Waals surface area contributed by atoms with Crippen LogP contribution in [0.3, 0.4) is 0 Å². The van der Waals surface area contributed by atoms with E-state index in [1.54, 1.807) is 26.0 Å². The van der Waals surface area contributed by atoms with Crippen LogP contribution in [0.25, 0.3) is 22.4 Å².